The van der Waals surface area contributed by atoms with E-state index in [1.165, 1.54) is 11.3 Å². The van der Waals surface area contributed by atoms with E-state index in [0.717, 1.165) is 12.0 Å². The quantitative estimate of drug-likeness (QED) is 0.132. The van der Waals surface area contributed by atoms with Crippen LogP contribution in [0.5, 0.6) is 5.75 Å². The topological polar surface area (TPSA) is 156 Å². The fraction of sp³-hybridized carbons (Fsp3) is 0.553. The Hall–Kier alpha value is -4.53. The lowest BCUT2D eigenvalue weighted by Crippen LogP contribution is -2.62. The number of ether oxygens (including phenoxy) is 1. The van der Waals surface area contributed by atoms with Gasteiger partial charge in [0.1, 0.15) is 17.9 Å². The molecule has 326 valence electrons. The Morgan fingerprint density at radius 3 is 2.37 bits per heavy atom. The highest BCUT2D eigenvalue weighted by atomic mass is 16.7. The number of anilines is 1. The van der Waals surface area contributed by atoms with E-state index in [1.807, 2.05) is 67.5 Å². The van der Waals surface area contributed by atoms with E-state index in [-0.39, 0.29) is 54.9 Å². The number of carbonyl (C=O) groups is 3. The summed E-state index contributed by atoms with van der Waals surface area (Å²) in [6.45, 7) is 8.91. The Bertz CT molecular complexity index is 1970. The number of hydrogen-bond acceptors (Lipinski definition) is 10. The molecule has 5 N–H and O–H groups in total. The van der Waals surface area contributed by atoms with Crippen LogP contribution >= 0.6 is 0 Å². The third-order valence-electron chi connectivity index (χ3n) is 13.4. The Balaban J connectivity index is 1.31. The Morgan fingerprint density at radius 2 is 1.75 bits per heavy atom. The van der Waals surface area contributed by atoms with Gasteiger partial charge in [-0.3, -0.25) is 19.2 Å². The van der Waals surface area contributed by atoms with E-state index in [4.69, 9.17) is 9.57 Å². The molecule has 1 heterocycles. The smallest absolute Gasteiger partial charge is 0.251 e. The molecule has 1 aliphatic heterocycles. The molecule has 0 aromatic heterocycles. The van der Waals surface area contributed by atoms with Crippen molar-refractivity contribution in [2.24, 2.45) is 29.1 Å². The zero-order chi connectivity index (χ0) is 43.5. The van der Waals surface area contributed by atoms with Crippen LogP contribution in [-0.4, -0.2) is 128 Å². The molecular weight excluding hydrogens is 761 g/mol. The van der Waals surface area contributed by atoms with Crippen molar-refractivity contribution in [3.63, 3.8) is 0 Å². The van der Waals surface area contributed by atoms with Gasteiger partial charge in [0.25, 0.3) is 5.91 Å². The monoisotopic (exact) mass is 826 g/mol. The summed E-state index contributed by atoms with van der Waals surface area (Å²) in [5, 5.41) is 32.8. The van der Waals surface area contributed by atoms with Gasteiger partial charge in [-0.2, -0.15) is 5.06 Å². The lowest BCUT2D eigenvalue weighted by atomic mass is 9.45. The fourth-order valence-electron chi connectivity index (χ4n) is 9.95. The minimum absolute atomic E-state index is 0.00798. The van der Waals surface area contributed by atoms with E-state index in [1.54, 1.807) is 39.3 Å². The third-order valence-corrected chi connectivity index (χ3v) is 13.4. The van der Waals surface area contributed by atoms with Gasteiger partial charge >= 0.3 is 0 Å². The molecule has 1 saturated heterocycles. The standard InChI is InChI=1S/C47H66N6O7/c1-28-38-22-34(47(38,3)4)23-39(28)50-46(58)43-42(29(2)55)40(27-54)60-53(43)25-31-16-13-17-37(44(31)59-9)32-19-33(21-35(20-32)48-24-41(56)52(7)8)45(57)49-36(26-51(5)6)18-30-14-11-10-12-15-30/h10-17,19-21,28-29,34,36,38-40,42-43,48,54-55H,18,22-27H2,1-9H3,(H,49,57)(H,50,58)/t28-,29-,34+,36-,38-,39-,40-,42+,43-/m0/s1. The summed E-state index contributed by atoms with van der Waals surface area (Å²) in [5.41, 5.74) is 4.41. The molecule has 3 saturated carbocycles. The number of hydroxylamine groups is 2. The van der Waals surface area contributed by atoms with Crippen molar-refractivity contribution in [2.75, 3.05) is 60.3 Å². The number of fused-ring (bicyclic) bond motifs is 2. The van der Waals surface area contributed by atoms with Gasteiger partial charge in [-0.1, -0.05) is 69.3 Å². The van der Waals surface area contributed by atoms with Crippen LogP contribution in [0.25, 0.3) is 11.1 Å². The lowest BCUT2D eigenvalue weighted by molar-refractivity contribution is -0.183. The van der Waals surface area contributed by atoms with Crippen LogP contribution in [0.4, 0.5) is 5.69 Å². The summed E-state index contributed by atoms with van der Waals surface area (Å²) < 4.78 is 6.11. The maximum atomic E-state index is 14.4. The number of hydrogen-bond donors (Lipinski definition) is 5. The second kappa shape index (κ2) is 19.0. The molecule has 2 bridgehead atoms. The Labute approximate surface area is 355 Å². The number of methoxy groups -OCH3 is 1. The van der Waals surface area contributed by atoms with Crippen molar-refractivity contribution < 1.29 is 34.2 Å². The maximum Gasteiger partial charge on any atom is 0.251 e. The van der Waals surface area contributed by atoms with Crippen LogP contribution in [0.15, 0.2) is 66.7 Å². The number of aliphatic hydroxyl groups excluding tert-OH is 2. The number of nitrogens with zero attached hydrogens (tertiary/aromatic N) is 3. The van der Waals surface area contributed by atoms with Gasteiger partial charge < -0.3 is 40.7 Å². The summed E-state index contributed by atoms with van der Waals surface area (Å²) in [5.74, 6) is 0.596. The lowest BCUT2D eigenvalue weighted by Gasteiger charge is -2.62. The first kappa shape index (κ1) is 45.0. The number of rotatable bonds is 17. The molecule has 13 nitrogen and oxygen atoms in total. The van der Waals surface area contributed by atoms with Gasteiger partial charge in [0.2, 0.25) is 11.8 Å². The molecule has 3 aromatic rings. The van der Waals surface area contributed by atoms with Crippen molar-refractivity contribution in [2.45, 2.75) is 83.8 Å². The third kappa shape index (κ3) is 9.81. The summed E-state index contributed by atoms with van der Waals surface area (Å²) in [4.78, 5) is 51.0. The minimum atomic E-state index is -0.934. The van der Waals surface area contributed by atoms with Crippen LogP contribution in [-0.2, 0) is 27.4 Å². The predicted molar refractivity (Wildman–Crippen MR) is 233 cm³/mol. The number of carbonyl (C=O) groups excluding carboxylic acids is 3. The Morgan fingerprint density at radius 1 is 1.02 bits per heavy atom. The first-order valence-corrected chi connectivity index (χ1v) is 21.3. The second-order valence-electron chi connectivity index (χ2n) is 18.3. The number of benzene rings is 3. The summed E-state index contributed by atoms with van der Waals surface area (Å²) in [7, 11) is 8.91. The van der Waals surface area contributed by atoms with Gasteiger partial charge in [-0.15, -0.1) is 0 Å². The molecule has 0 unspecified atom stereocenters. The maximum absolute atomic E-state index is 14.4. The predicted octanol–water partition coefficient (Wildman–Crippen LogP) is 4.43. The van der Waals surface area contributed by atoms with Gasteiger partial charge in [0.05, 0.1) is 32.9 Å². The zero-order valence-corrected chi connectivity index (χ0v) is 36.8. The molecule has 7 rings (SSSR count). The average molecular weight is 827 g/mol. The van der Waals surface area contributed by atoms with E-state index in [9.17, 15) is 24.6 Å². The van der Waals surface area contributed by atoms with Crippen LogP contribution < -0.4 is 20.7 Å². The Kier molecular flexibility index (Phi) is 14.3. The molecule has 0 radical (unpaired) electrons. The van der Waals surface area contributed by atoms with E-state index >= 15 is 0 Å². The molecule has 4 aliphatic rings. The second-order valence-corrected chi connectivity index (χ2v) is 18.3. The van der Waals surface area contributed by atoms with Crippen molar-refractivity contribution >= 4 is 23.4 Å². The van der Waals surface area contributed by atoms with Gasteiger partial charge in [0.15, 0.2) is 0 Å². The number of amides is 3. The zero-order valence-electron chi connectivity index (χ0n) is 36.8. The fourth-order valence-corrected chi connectivity index (χ4v) is 9.95. The van der Waals surface area contributed by atoms with E-state index < -0.39 is 24.2 Å². The van der Waals surface area contributed by atoms with Crippen molar-refractivity contribution in [3.8, 4) is 16.9 Å². The molecule has 13 heteroatoms. The molecular formula is C47H66N6O7. The highest BCUT2D eigenvalue weighted by Gasteiger charge is 2.57. The average Bonchev–Trinajstić information content (AvgIpc) is 3.59. The number of nitrogens with one attached hydrogen (secondary N) is 3. The highest BCUT2D eigenvalue weighted by Crippen LogP contribution is 2.61. The SMILES string of the molecule is COc1c(CN2O[C@@H](CO)[C@@H]([C@H](C)O)[C@H]2C(=O)N[C@H]2C[C@H]3C[C@@H]([C@@H]2C)C3(C)C)cccc1-c1cc(NCC(=O)N(C)C)cc(C(=O)N[C@@H](Cc2ccccc2)CN(C)C)c1. The van der Waals surface area contributed by atoms with Crippen LogP contribution in [0.1, 0.15) is 62.0 Å². The summed E-state index contributed by atoms with van der Waals surface area (Å²) >= 11 is 0. The van der Waals surface area contributed by atoms with Gasteiger partial charge in [-0.25, -0.2) is 0 Å². The normalized spacial score (nSPS) is 25.5. The van der Waals surface area contributed by atoms with Gasteiger partial charge in [0, 0.05) is 61.0 Å². The molecule has 60 heavy (non-hydrogen) atoms. The van der Waals surface area contributed by atoms with Crippen LogP contribution in [0.3, 0.4) is 0 Å². The molecule has 9 atom stereocenters. The van der Waals surface area contributed by atoms with Crippen molar-refractivity contribution in [3.05, 3.63) is 83.4 Å². The molecule has 0 spiro atoms. The van der Waals surface area contributed by atoms with E-state index in [0.29, 0.717) is 64.4 Å². The van der Waals surface area contributed by atoms with Gasteiger partial charge in [-0.05, 0) is 92.8 Å². The molecule has 3 aliphatic carbocycles. The molecule has 3 amide bonds. The number of para-hydroxylation sites is 1. The van der Waals surface area contributed by atoms with Crippen LogP contribution in [0.2, 0.25) is 0 Å². The summed E-state index contributed by atoms with van der Waals surface area (Å²) in [6, 6.07) is 20.1. The molecule has 3 aromatic carbocycles. The van der Waals surface area contributed by atoms with Crippen LogP contribution in [0, 0.1) is 29.1 Å². The molecule has 4 fully saturated rings. The first-order chi connectivity index (χ1) is 28.5. The first-order valence-electron chi connectivity index (χ1n) is 21.3. The largest absolute Gasteiger partial charge is 0.496 e. The van der Waals surface area contributed by atoms with Crippen molar-refractivity contribution in [1.29, 1.82) is 0 Å². The van der Waals surface area contributed by atoms with E-state index in [2.05, 4.69) is 48.9 Å². The van der Waals surface area contributed by atoms with Crippen molar-refractivity contribution in [1.82, 2.24) is 25.5 Å². The minimum Gasteiger partial charge on any atom is -0.496 e. The highest BCUT2D eigenvalue weighted by molar-refractivity contribution is 5.97. The number of aliphatic hydroxyl groups is 2. The number of likely N-dealkylation sites (N-methyl/N-ethyl adjacent to an activating group) is 2. The summed E-state index contributed by atoms with van der Waals surface area (Å²) in [6.07, 6.45) is 1.01.